The van der Waals surface area contributed by atoms with E-state index in [4.69, 9.17) is 0 Å². The first-order chi connectivity index (χ1) is 11.9. The van der Waals surface area contributed by atoms with Gasteiger partial charge in [0.25, 0.3) is 0 Å². The molecule has 8 heteroatoms. The molecule has 0 radical (unpaired) electrons. The lowest BCUT2D eigenvalue weighted by Crippen LogP contribution is -2.46. The van der Waals surface area contributed by atoms with Gasteiger partial charge in [-0.3, -0.25) is 4.90 Å². The smallest absolute Gasteiger partial charge is 0.226 e. The fourth-order valence-corrected chi connectivity index (χ4v) is 2.83. The Labute approximate surface area is 145 Å². The molecule has 2 heterocycles. The summed E-state index contributed by atoms with van der Waals surface area (Å²) >= 11 is 0. The molecule has 0 saturated carbocycles. The molecule has 1 aromatic carbocycles. The van der Waals surface area contributed by atoms with Gasteiger partial charge in [-0.15, -0.1) is 0 Å². The van der Waals surface area contributed by atoms with Crippen LogP contribution in [0.2, 0.25) is 0 Å². The van der Waals surface area contributed by atoms with E-state index in [1.807, 2.05) is 25.1 Å². The summed E-state index contributed by atoms with van der Waals surface area (Å²) in [5.41, 5.74) is 0.512. The zero-order valence-corrected chi connectivity index (χ0v) is 14.3. The second kappa shape index (κ2) is 7.18. The molecule has 0 unspecified atom stereocenters. The summed E-state index contributed by atoms with van der Waals surface area (Å²) in [5.74, 6) is -1.24. The summed E-state index contributed by atoms with van der Waals surface area (Å²) in [6.45, 7) is 3.49. The summed E-state index contributed by atoms with van der Waals surface area (Å²) < 4.78 is 26.9. The molecule has 3 rings (SSSR count). The molecule has 1 aliphatic rings. The number of rotatable bonds is 4. The molecule has 0 bridgehead atoms. The van der Waals surface area contributed by atoms with E-state index in [-0.39, 0.29) is 0 Å². The number of aromatic nitrogens is 2. The van der Waals surface area contributed by atoms with Crippen LogP contribution in [0.1, 0.15) is 5.56 Å². The average molecular weight is 349 g/mol. The Balaban J connectivity index is 1.61. The number of phenolic OH excluding ortho intramolecular Hbond substituents is 1. The van der Waals surface area contributed by atoms with E-state index >= 15 is 0 Å². The summed E-state index contributed by atoms with van der Waals surface area (Å²) in [6.07, 6.45) is 1.74. The molecular formula is C17H21F2N5O. The Bertz CT molecular complexity index is 725. The molecule has 0 spiro atoms. The van der Waals surface area contributed by atoms with Crippen LogP contribution in [0.25, 0.3) is 0 Å². The maximum absolute atomic E-state index is 13.4. The maximum Gasteiger partial charge on any atom is 0.226 e. The van der Waals surface area contributed by atoms with Gasteiger partial charge in [-0.25, -0.2) is 13.8 Å². The standard InChI is InChI=1S/C17H21F2N5O/c1-22(2)17-20-4-3-15(21-17)24-7-5-23(6-8-24)11-12-9-13(18)16(25)14(19)10-12/h3-4,9-10,25H,5-8,11H2,1-2H3. The van der Waals surface area contributed by atoms with Crippen molar-refractivity contribution in [1.29, 1.82) is 0 Å². The first-order valence-corrected chi connectivity index (χ1v) is 8.08. The highest BCUT2D eigenvalue weighted by Gasteiger charge is 2.20. The highest BCUT2D eigenvalue weighted by Crippen LogP contribution is 2.23. The molecule has 1 saturated heterocycles. The van der Waals surface area contributed by atoms with Gasteiger partial charge in [0.2, 0.25) is 5.95 Å². The van der Waals surface area contributed by atoms with Crippen LogP contribution in [0, 0.1) is 11.6 Å². The van der Waals surface area contributed by atoms with Crippen molar-refractivity contribution in [2.45, 2.75) is 6.54 Å². The summed E-state index contributed by atoms with van der Waals surface area (Å²) in [6, 6.07) is 4.24. The monoisotopic (exact) mass is 349 g/mol. The second-order valence-corrected chi connectivity index (χ2v) is 6.28. The predicted octanol–water partition coefficient (Wildman–Crippen LogP) is 1.85. The van der Waals surface area contributed by atoms with Crippen molar-refractivity contribution in [2.75, 3.05) is 50.1 Å². The molecule has 25 heavy (non-hydrogen) atoms. The van der Waals surface area contributed by atoms with Gasteiger partial charge in [-0.1, -0.05) is 0 Å². The molecule has 1 aromatic heterocycles. The van der Waals surface area contributed by atoms with Crippen LogP contribution in [-0.4, -0.2) is 60.2 Å². The molecule has 1 N–H and O–H groups in total. The van der Waals surface area contributed by atoms with Gasteiger partial charge in [0, 0.05) is 53.0 Å². The fraction of sp³-hybridized carbons (Fsp3) is 0.412. The lowest BCUT2D eigenvalue weighted by molar-refractivity contribution is 0.248. The van der Waals surface area contributed by atoms with Crippen molar-refractivity contribution in [2.24, 2.45) is 0 Å². The number of hydrogen-bond acceptors (Lipinski definition) is 6. The molecular weight excluding hydrogens is 328 g/mol. The van der Waals surface area contributed by atoms with Crippen LogP contribution in [0.15, 0.2) is 24.4 Å². The lowest BCUT2D eigenvalue weighted by atomic mass is 10.1. The van der Waals surface area contributed by atoms with Crippen molar-refractivity contribution in [3.63, 3.8) is 0 Å². The third-order valence-electron chi connectivity index (χ3n) is 4.21. The van der Waals surface area contributed by atoms with E-state index in [1.165, 1.54) is 12.1 Å². The van der Waals surface area contributed by atoms with Gasteiger partial charge in [0.15, 0.2) is 17.4 Å². The number of halogens is 2. The van der Waals surface area contributed by atoms with E-state index in [2.05, 4.69) is 19.8 Å². The van der Waals surface area contributed by atoms with E-state index in [1.54, 1.807) is 6.20 Å². The maximum atomic E-state index is 13.4. The normalized spacial score (nSPS) is 15.4. The Morgan fingerprint density at radius 2 is 1.76 bits per heavy atom. The minimum absolute atomic E-state index is 0.439. The Kier molecular flexibility index (Phi) is 4.98. The zero-order chi connectivity index (χ0) is 18.0. The molecule has 0 amide bonds. The van der Waals surface area contributed by atoms with Gasteiger partial charge < -0.3 is 14.9 Å². The summed E-state index contributed by atoms with van der Waals surface area (Å²) in [4.78, 5) is 14.9. The Morgan fingerprint density at radius 3 is 2.36 bits per heavy atom. The van der Waals surface area contributed by atoms with Gasteiger partial charge in [-0.2, -0.15) is 4.98 Å². The van der Waals surface area contributed by atoms with E-state index in [0.29, 0.717) is 18.1 Å². The number of anilines is 2. The van der Waals surface area contributed by atoms with Gasteiger partial charge in [0.1, 0.15) is 5.82 Å². The van der Waals surface area contributed by atoms with Crippen LogP contribution in [0.5, 0.6) is 5.75 Å². The van der Waals surface area contributed by atoms with Crippen molar-refractivity contribution in [1.82, 2.24) is 14.9 Å². The van der Waals surface area contributed by atoms with Gasteiger partial charge in [0.05, 0.1) is 0 Å². The van der Waals surface area contributed by atoms with E-state index < -0.39 is 17.4 Å². The molecule has 134 valence electrons. The number of hydrogen-bond donors (Lipinski definition) is 1. The molecule has 1 fully saturated rings. The summed E-state index contributed by atoms with van der Waals surface area (Å²) in [7, 11) is 3.79. The van der Waals surface area contributed by atoms with Crippen LogP contribution >= 0.6 is 0 Å². The summed E-state index contributed by atoms with van der Waals surface area (Å²) in [5, 5.41) is 9.17. The minimum atomic E-state index is -0.925. The molecule has 2 aromatic rings. The lowest BCUT2D eigenvalue weighted by Gasteiger charge is -2.35. The average Bonchev–Trinajstić information content (AvgIpc) is 2.60. The Morgan fingerprint density at radius 1 is 1.12 bits per heavy atom. The minimum Gasteiger partial charge on any atom is -0.503 e. The highest BCUT2D eigenvalue weighted by atomic mass is 19.1. The quantitative estimate of drug-likeness (QED) is 0.909. The van der Waals surface area contributed by atoms with Crippen LogP contribution in [0.4, 0.5) is 20.5 Å². The number of phenols is 1. The topological polar surface area (TPSA) is 55.7 Å². The van der Waals surface area contributed by atoms with E-state index in [0.717, 1.165) is 32.0 Å². The van der Waals surface area contributed by atoms with Crippen molar-refractivity contribution in [3.05, 3.63) is 41.6 Å². The molecule has 0 aliphatic carbocycles. The third kappa shape index (κ3) is 3.96. The predicted molar refractivity (Wildman–Crippen MR) is 91.9 cm³/mol. The van der Waals surface area contributed by atoms with E-state index in [9.17, 15) is 13.9 Å². The number of aromatic hydroxyl groups is 1. The SMILES string of the molecule is CN(C)c1nccc(N2CCN(Cc3cc(F)c(O)c(F)c3)CC2)n1. The number of piperazine rings is 1. The highest BCUT2D eigenvalue weighted by molar-refractivity contribution is 5.43. The molecule has 6 nitrogen and oxygen atoms in total. The van der Waals surface area contributed by atoms with Gasteiger partial charge in [-0.05, 0) is 23.8 Å². The fourth-order valence-electron chi connectivity index (χ4n) is 2.83. The van der Waals surface area contributed by atoms with Crippen LogP contribution in [-0.2, 0) is 6.54 Å². The van der Waals surface area contributed by atoms with Crippen LogP contribution < -0.4 is 9.80 Å². The third-order valence-corrected chi connectivity index (χ3v) is 4.21. The number of nitrogens with zero attached hydrogens (tertiary/aromatic N) is 5. The van der Waals surface area contributed by atoms with Crippen molar-refractivity contribution >= 4 is 11.8 Å². The molecule has 1 aliphatic heterocycles. The van der Waals surface area contributed by atoms with Crippen molar-refractivity contribution < 1.29 is 13.9 Å². The van der Waals surface area contributed by atoms with Crippen molar-refractivity contribution in [3.8, 4) is 5.75 Å². The first-order valence-electron chi connectivity index (χ1n) is 8.08. The van der Waals surface area contributed by atoms with Crippen LogP contribution in [0.3, 0.4) is 0 Å². The first kappa shape index (κ1) is 17.3. The Hall–Kier alpha value is -2.48. The van der Waals surface area contributed by atoms with Gasteiger partial charge >= 0.3 is 0 Å². The largest absolute Gasteiger partial charge is 0.503 e. The zero-order valence-electron chi connectivity index (χ0n) is 14.3. The molecule has 0 atom stereocenters. The number of benzene rings is 1. The second-order valence-electron chi connectivity index (χ2n) is 6.28.